The molecule has 3 aliphatic rings. The summed E-state index contributed by atoms with van der Waals surface area (Å²) in [6.45, 7) is 6.14. The number of sulfonamides is 4. The van der Waals surface area contributed by atoms with Gasteiger partial charge >= 0.3 is 24.7 Å². The lowest BCUT2D eigenvalue weighted by Gasteiger charge is -2.16. The Balaban J connectivity index is 0.000000140. The molecular formula is C88H69F12N15O11S4. The van der Waals surface area contributed by atoms with Gasteiger partial charge in [0.25, 0.3) is 0 Å². The number of nitrogens with two attached hydrogens (primary N) is 4. The molecule has 0 spiro atoms. The second-order valence-corrected chi connectivity index (χ2v) is 35.3. The van der Waals surface area contributed by atoms with Crippen molar-refractivity contribution in [2.24, 2.45) is 30.5 Å². The zero-order valence-corrected chi connectivity index (χ0v) is 71.1. The van der Waals surface area contributed by atoms with Gasteiger partial charge in [0.1, 0.15) is 5.75 Å². The van der Waals surface area contributed by atoms with E-state index >= 15 is 0 Å². The number of hydrogen-bond acceptors (Lipinski definition) is 18. The van der Waals surface area contributed by atoms with Crippen LogP contribution < -0.4 is 34.8 Å². The number of benzene rings is 9. The van der Waals surface area contributed by atoms with Crippen LogP contribution in [0.25, 0.3) is 101 Å². The second-order valence-electron chi connectivity index (χ2n) is 29.1. The summed E-state index contributed by atoms with van der Waals surface area (Å²) in [6, 6.07) is 57.2. The third-order valence-corrected chi connectivity index (χ3v) is 24.1. The van der Waals surface area contributed by atoms with Crippen LogP contribution in [0.1, 0.15) is 50.6 Å². The minimum absolute atomic E-state index is 0.0787. The molecule has 8 N–H and O–H groups in total. The van der Waals surface area contributed by atoms with E-state index in [1.54, 1.807) is 81.9 Å². The number of ether oxygens (including phenoxy) is 3. The van der Waals surface area contributed by atoms with Gasteiger partial charge in [0.15, 0.2) is 34.3 Å². The SMILES string of the molecule is COc1cc(C2=CC=NC2)cc(-c2cc(C(F)(F)F)nn2-c2ccc(S(N)(=O)=O)cc2)c1C.Cc1ccc(-c2ccccc2)cc1-c1cc(C(F)(F)F)nn1-c1ccc(S(N)(=O)=O)cc1.Cc1ccc(-c2ccccn2)cc1-c1cc(C(F)(F)F)nn1-c1ccc(S(N)(=O)=O)cc1.NS(=O)(=O)c1ccc(-n2nc(C(F)(F)F)cc2-c2cc(C3=CC=NC3)cc3c2OCO3)cc1. The number of aliphatic imine (C=N–C) groups is 2. The highest BCUT2D eigenvalue weighted by atomic mass is 32.2. The van der Waals surface area contributed by atoms with E-state index in [0.29, 0.717) is 58.1 Å². The molecule has 0 saturated carbocycles. The number of nitrogens with zero attached hydrogens (tertiary/aromatic N) is 11. The maximum Gasteiger partial charge on any atom is 0.435 e. The molecule has 3 aliphatic heterocycles. The highest BCUT2D eigenvalue weighted by Gasteiger charge is 2.40. The average Bonchev–Trinajstić information content (AvgIpc) is 1.64. The lowest BCUT2D eigenvalue weighted by Crippen LogP contribution is -2.12. The average molecular weight is 1870 g/mol. The smallest absolute Gasteiger partial charge is 0.435 e. The number of primary sulfonamides is 4. The predicted molar refractivity (Wildman–Crippen MR) is 460 cm³/mol. The molecule has 17 rings (SSSR count). The Morgan fingerprint density at radius 1 is 0.362 bits per heavy atom. The first-order chi connectivity index (χ1) is 61.2. The summed E-state index contributed by atoms with van der Waals surface area (Å²) in [5, 5.41) is 35.5. The van der Waals surface area contributed by atoms with Gasteiger partial charge in [-0.05, 0) is 247 Å². The first kappa shape index (κ1) is 92.2. The largest absolute Gasteiger partial charge is 0.496 e. The van der Waals surface area contributed by atoms with Crippen LogP contribution in [0.3, 0.4) is 0 Å². The Morgan fingerprint density at radius 3 is 1.06 bits per heavy atom. The summed E-state index contributed by atoms with van der Waals surface area (Å²) in [7, 11) is -14.3. The number of aryl methyl sites for hydroxylation is 2. The van der Waals surface area contributed by atoms with Crippen LogP contribution in [0.2, 0.25) is 0 Å². The minimum Gasteiger partial charge on any atom is -0.496 e. The molecule has 5 aromatic heterocycles. The third kappa shape index (κ3) is 20.6. The summed E-state index contributed by atoms with van der Waals surface area (Å²) < 4.78 is 276. The molecule has 0 fully saturated rings. The van der Waals surface area contributed by atoms with Gasteiger partial charge in [0.05, 0.1) is 91.0 Å². The van der Waals surface area contributed by atoms with E-state index in [1.165, 1.54) is 104 Å². The van der Waals surface area contributed by atoms with Gasteiger partial charge in [-0.1, -0.05) is 60.7 Å². The fraction of sp³-hybridized carbons (Fsp3) is 0.125. The first-order valence-electron chi connectivity index (χ1n) is 38.1. The van der Waals surface area contributed by atoms with Crippen LogP contribution >= 0.6 is 0 Å². The fourth-order valence-corrected chi connectivity index (χ4v) is 15.9. The third-order valence-electron chi connectivity index (χ3n) is 20.4. The van der Waals surface area contributed by atoms with Crippen molar-refractivity contribution in [3.8, 4) is 107 Å². The summed E-state index contributed by atoms with van der Waals surface area (Å²) >= 11 is 0. The Hall–Kier alpha value is -14.0. The van der Waals surface area contributed by atoms with Crippen molar-refractivity contribution < 1.29 is 101 Å². The quantitative estimate of drug-likeness (QED) is 0.0615. The number of pyridine rings is 1. The Kier molecular flexibility index (Phi) is 25.5. The zero-order valence-electron chi connectivity index (χ0n) is 67.8. The zero-order chi connectivity index (χ0) is 93.5. The lowest BCUT2D eigenvalue weighted by molar-refractivity contribution is -0.142. The Labute approximate surface area is 733 Å². The number of halogens is 12. The van der Waals surface area contributed by atoms with Crippen molar-refractivity contribution in [3.05, 3.63) is 299 Å². The van der Waals surface area contributed by atoms with E-state index in [2.05, 4.69) is 35.4 Å². The Morgan fingerprint density at radius 2 is 0.708 bits per heavy atom. The van der Waals surface area contributed by atoms with Crippen molar-refractivity contribution >= 4 is 63.7 Å². The minimum atomic E-state index is -4.71. The first-order valence-corrected chi connectivity index (χ1v) is 44.3. The number of allylic oxidation sites excluding steroid dienone is 2. The van der Waals surface area contributed by atoms with Gasteiger partial charge in [-0.3, -0.25) is 15.0 Å². The van der Waals surface area contributed by atoms with Crippen LogP contribution in [0.5, 0.6) is 17.2 Å². The Bertz CT molecular complexity index is 7060. The van der Waals surface area contributed by atoms with Crippen molar-refractivity contribution in [1.29, 1.82) is 0 Å². The number of hydrogen-bond donors (Lipinski definition) is 4. The van der Waals surface area contributed by atoms with E-state index in [9.17, 15) is 86.4 Å². The molecule has 0 atom stereocenters. The number of fused-ring (bicyclic) bond motifs is 1. The van der Waals surface area contributed by atoms with Gasteiger partial charge < -0.3 is 14.2 Å². The topological polar surface area (TPSA) is 377 Å². The number of aromatic nitrogens is 9. The summed E-state index contributed by atoms with van der Waals surface area (Å²) in [5.74, 6) is 1.18. The molecule has 26 nitrogen and oxygen atoms in total. The van der Waals surface area contributed by atoms with Crippen molar-refractivity contribution in [2.75, 3.05) is 27.0 Å². The normalized spacial score (nSPS) is 13.4. The summed E-state index contributed by atoms with van der Waals surface area (Å²) in [5.41, 5.74) is 7.83. The van der Waals surface area contributed by atoms with E-state index in [0.717, 1.165) is 93.1 Å². The van der Waals surface area contributed by atoms with Crippen molar-refractivity contribution in [1.82, 2.24) is 44.1 Å². The van der Waals surface area contributed by atoms with Crippen LogP contribution in [0.4, 0.5) is 52.7 Å². The standard InChI is InChI=1S/C23H18F3N3O2S.C22H19F3N4O3S.C22H17F3N4O2S.C21H15F3N4O4S/c1-15-7-8-17(16-5-3-2-4-6-16)13-20(15)21-14-22(23(24,25)26)28-29(21)18-9-11-19(12-10-18)32(27,30)31;1-13-18(9-15(10-20(13)32-2)14-7-8-27-12-14)19-11-21(22(23,24)25)28-29(19)16-3-5-17(6-4-16)33(26,30)31;1-14-5-6-15(19-4-2-3-11-27-19)12-18(14)20-13-21(22(23,24)25)28-29(20)16-7-9-17(10-8-16)32(26,30)31;22-21(23,24)19-9-17(28(27-19)14-1-3-15(4-2-14)33(25,29)30)16-7-13(12-5-6-26-10-12)8-18-20(16)32-11-31-18/h2-14H,1H3,(H2,27,30,31);3-11H,12H2,1-2H3,(H2,26,30,31);2-13H,1H3,(H2,26,30,31);1-9H,10-11H2,(H2,25,29,30). The second kappa shape index (κ2) is 35.9. The van der Waals surface area contributed by atoms with E-state index in [4.69, 9.17) is 34.8 Å². The number of rotatable bonds is 17. The molecule has 9 aromatic carbocycles. The van der Waals surface area contributed by atoms with Crippen molar-refractivity contribution in [2.45, 2.75) is 65.1 Å². The maximum atomic E-state index is 13.6. The molecular weight excluding hydrogens is 1800 g/mol. The van der Waals surface area contributed by atoms with E-state index in [-0.39, 0.29) is 77.6 Å². The lowest BCUT2D eigenvalue weighted by atomic mass is 9.96. The van der Waals surface area contributed by atoms with Crippen LogP contribution in [0, 0.1) is 20.8 Å². The monoisotopic (exact) mass is 1870 g/mol. The fourth-order valence-electron chi connectivity index (χ4n) is 13.8. The van der Waals surface area contributed by atoms with E-state index in [1.807, 2.05) is 78.9 Å². The van der Waals surface area contributed by atoms with Gasteiger partial charge in [0, 0.05) is 52.0 Å². The molecule has 0 aliphatic carbocycles. The van der Waals surface area contributed by atoms with Crippen LogP contribution in [-0.2, 0) is 64.8 Å². The number of methoxy groups -OCH3 is 1. The van der Waals surface area contributed by atoms with Crippen molar-refractivity contribution in [3.63, 3.8) is 0 Å². The number of alkyl halides is 12. The molecule has 0 radical (unpaired) electrons. The molecule has 670 valence electrons. The molecule has 42 heteroatoms. The molecule has 14 aromatic rings. The van der Waals surface area contributed by atoms with Gasteiger partial charge in [0.2, 0.25) is 46.9 Å². The van der Waals surface area contributed by atoms with E-state index < -0.39 is 87.6 Å². The van der Waals surface area contributed by atoms with Crippen LogP contribution in [0.15, 0.2) is 278 Å². The molecule has 0 unspecified atom stereocenters. The predicted octanol–water partition coefficient (Wildman–Crippen LogP) is 17.1. The maximum absolute atomic E-state index is 13.6. The molecule has 0 amide bonds. The highest BCUT2D eigenvalue weighted by Crippen LogP contribution is 2.48. The molecule has 130 heavy (non-hydrogen) atoms. The summed E-state index contributed by atoms with van der Waals surface area (Å²) in [4.78, 5) is 12.0. The van der Waals surface area contributed by atoms with Crippen LogP contribution in [-0.4, -0.2) is 117 Å². The molecule has 0 saturated heterocycles. The summed E-state index contributed by atoms with van der Waals surface area (Å²) in [6.07, 6.45) is -10.1. The van der Waals surface area contributed by atoms with Gasteiger partial charge in [-0.15, -0.1) is 0 Å². The van der Waals surface area contributed by atoms with Gasteiger partial charge in [-0.25, -0.2) is 73.0 Å². The van der Waals surface area contributed by atoms with Gasteiger partial charge in [-0.2, -0.15) is 73.1 Å². The molecule has 0 bridgehead atoms. The molecule has 8 heterocycles. The highest BCUT2D eigenvalue weighted by molar-refractivity contribution is 7.90.